The summed E-state index contributed by atoms with van der Waals surface area (Å²) in [5.41, 5.74) is 0.641. The van der Waals surface area contributed by atoms with Gasteiger partial charge in [0.05, 0.1) is 5.75 Å². The van der Waals surface area contributed by atoms with Crippen LogP contribution in [-0.2, 0) is 0 Å². The zero-order valence-electron chi connectivity index (χ0n) is 13.4. The molecule has 1 heterocycles. The highest BCUT2D eigenvalue weighted by atomic mass is 32.2. The van der Waals surface area contributed by atoms with Crippen molar-refractivity contribution in [2.45, 2.75) is 18.3 Å². The molecule has 0 amide bonds. The molecule has 0 aliphatic carbocycles. The van der Waals surface area contributed by atoms with Gasteiger partial charge in [-0.25, -0.2) is 4.39 Å². The van der Waals surface area contributed by atoms with Crippen LogP contribution >= 0.6 is 11.8 Å². The third-order valence-corrected chi connectivity index (χ3v) is 4.14. The van der Waals surface area contributed by atoms with Gasteiger partial charge in [-0.05, 0) is 31.2 Å². The molecule has 0 unspecified atom stereocenters. The van der Waals surface area contributed by atoms with Crippen molar-refractivity contribution in [3.8, 4) is 5.75 Å². The lowest BCUT2D eigenvalue weighted by molar-refractivity contribution is 0.102. The molecular formula is C18H15FN2O3S. The van der Waals surface area contributed by atoms with Gasteiger partial charge in [0, 0.05) is 5.56 Å². The van der Waals surface area contributed by atoms with E-state index in [1.165, 1.54) is 36.0 Å². The van der Waals surface area contributed by atoms with Crippen LogP contribution in [0.3, 0.4) is 0 Å². The van der Waals surface area contributed by atoms with Gasteiger partial charge in [-0.3, -0.25) is 4.79 Å². The Bertz CT molecular complexity index is 837. The second-order valence-corrected chi connectivity index (χ2v) is 6.12. The van der Waals surface area contributed by atoms with Crippen molar-refractivity contribution in [1.82, 2.24) is 10.2 Å². The minimum Gasteiger partial charge on any atom is -0.481 e. The zero-order valence-corrected chi connectivity index (χ0v) is 14.2. The van der Waals surface area contributed by atoms with Crippen molar-refractivity contribution >= 4 is 17.5 Å². The third kappa shape index (κ3) is 4.67. The van der Waals surface area contributed by atoms with E-state index in [9.17, 15) is 9.18 Å². The van der Waals surface area contributed by atoms with E-state index >= 15 is 0 Å². The Balaban J connectivity index is 1.56. The molecule has 25 heavy (non-hydrogen) atoms. The molecule has 0 aliphatic heterocycles. The number of hydrogen-bond donors (Lipinski definition) is 0. The SMILES string of the molecule is C[C@@H](Oc1ccc(F)cc1)c1nnc(SCC(=O)c2ccccc2)o1. The fourth-order valence-electron chi connectivity index (χ4n) is 2.05. The number of benzene rings is 2. The lowest BCUT2D eigenvalue weighted by Crippen LogP contribution is -2.03. The molecule has 0 radical (unpaired) electrons. The van der Waals surface area contributed by atoms with Crippen LogP contribution in [0.15, 0.2) is 64.2 Å². The van der Waals surface area contributed by atoms with E-state index in [4.69, 9.17) is 9.15 Å². The van der Waals surface area contributed by atoms with Crippen LogP contribution in [0.2, 0.25) is 0 Å². The highest BCUT2D eigenvalue weighted by molar-refractivity contribution is 7.99. The molecule has 0 N–H and O–H groups in total. The summed E-state index contributed by atoms with van der Waals surface area (Å²) in [4.78, 5) is 12.1. The molecule has 0 bridgehead atoms. The number of aromatic nitrogens is 2. The molecule has 2 aromatic carbocycles. The highest BCUT2D eigenvalue weighted by Gasteiger charge is 2.17. The number of carbonyl (C=O) groups excluding carboxylic acids is 1. The Kier molecular flexibility index (Phi) is 5.45. The Morgan fingerprint density at radius 1 is 1.16 bits per heavy atom. The normalized spacial score (nSPS) is 11.9. The first-order valence-electron chi connectivity index (χ1n) is 7.58. The van der Waals surface area contributed by atoms with Crippen molar-refractivity contribution < 1.29 is 18.3 Å². The van der Waals surface area contributed by atoms with Crippen LogP contribution in [0.25, 0.3) is 0 Å². The zero-order chi connectivity index (χ0) is 17.6. The lowest BCUT2D eigenvalue weighted by Gasteiger charge is -2.10. The first-order valence-corrected chi connectivity index (χ1v) is 8.57. The predicted molar refractivity (Wildman–Crippen MR) is 91.2 cm³/mol. The Hall–Kier alpha value is -2.67. The number of carbonyl (C=O) groups is 1. The summed E-state index contributed by atoms with van der Waals surface area (Å²) in [5.74, 6) is 0.652. The molecule has 128 valence electrons. The highest BCUT2D eigenvalue weighted by Crippen LogP contribution is 2.24. The molecule has 5 nitrogen and oxygen atoms in total. The molecule has 0 spiro atoms. The van der Waals surface area contributed by atoms with E-state index in [0.29, 0.717) is 22.4 Å². The van der Waals surface area contributed by atoms with Gasteiger partial charge in [-0.15, -0.1) is 10.2 Å². The Morgan fingerprint density at radius 3 is 2.60 bits per heavy atom. The van der Waals surface area contributed by atoms with Crippen LogP contribution in [-0.4, -0.2) is 21.7 Å². The molecule has 3 aromatic rings. The summed E-state index contributed by atoms with van der Waals surface area (Å²) in [6.45, 7) is 1.75. The fraction of sp³-hybridized carbons (Fsp3) is 0.167. The molecule has 1 atom stereocenters. The second kappa shape index (κ2) is 7.94. The summed E-state index contributed by atoms with van der Waals surface area (Å²) in [6, 6.07) is 14.7. The average molecular weight is 358 g/mol. The first kappa shape index (κ1) is 17.2. The fourth-order valence-corrected chi connectivity index (χ4v) is 2.71. The number of ether oxygens (including phenoxy) is 1. The van der Waals surface area contributed by atoms with Gasteiger partial charge in [0.15, 0.2) is 11.9 Å². The maximum absolute atomic E-state index is 12.9. The Labute approximate surface area is 148 Å². The third-order valence-electron chi connectivity index (χ3n) is 3.32. The average Bonchev–Trinajstić information content (AvgIpc) is 3.11. The minimum absolute atomic E-state index is 0.0130. The molecule has 1 aromatic heterocycles. The number of ketones is 1. The summed E-state index contributed by atoms with van der Waals surface area (Å²) in [6.07, 6.45) is -0.489. The lowest BCUT2D eigenvalue weighted by atomic mass is 10.2. The second-order valence-electron chi connectivity index (χ2n) is 5.20. The largest absolute Gasteiger partial charge is 0.481 e. The van der Waals surface area contributed by atoms with Crippen LogP contribution < -0.4 is 4.74 Å². The van der Waals surface area contributed by atoms with Crippen LogP contribution in [0.5, 0.6) is 5.75 Å². The smallest absolute Gasteiger partial charge is 0.277 e. The summed E-state index contributed by atoms with van der Waals surface area (Å²) in [7, 11) is 0. The van der Waals surface area contributed by atoms with E-state index in [0.717, 1.165) is 0 Å². The maximum Gasteiger partial charge on any atom is 0.277 e. The van der Waals surface area contributed by atoms with Crippen molar-refractivity contribution in [2.75, 3.05) is 5.75 Å². The Morgan fingerprint density at radius 2 is 1.88 bits per heavy atom. The molecule has 0 saturated carbocycles. The first-order chi connectivity index (χ1) is 12.1. The van der Waals surface area contributed by atoms with E-state index in [1.54, 1.807) is 19.1 Å². The van der Waals surface area contributed by atoms with Crippen molar-refractivity contribution in [3.63, 3.8) is 0 Å². The van der Waals surface area contributed by atoms with Gasteiger partial charge < -0.3 is 9.15 Å². The molecule has 0 fully saturated rings. The number of nitrogens with zero attached hydrogens (tertiary/aromatic N) is 2. The summed E-state index contributed by atoms with van der Waals surface area (Å²) < 4.78 is 24.0. The number of thioether (sulfide) groups is 1. The molecular weight excluding hydrogens is 343 g/mol. The predicted octanol–water partition coefficient (Wildman–Crippen LogP) is 4.32. The summed E-state index contributed by atoms with van der Waals surface area (Å²) >= 11 is 1.17. The minimum atomic E-state index is -0.489. The number of rotatable bonds is 7. The van der Waals surface area contributed by atoms with E-state index < -0.39 is 6.10 Å². The monoisotopic (exact) mass is 358 g/mol. The van der Waals surface area contributed by atoms with Crippen molar-refractivity contribution in [2.24, 2.45) is 0 Å². The van der Waals surface area contributed by atoms with Gasteiger partial charge in [-0.1, -0.05) is 42.1 Å². The van der Waals surface area contributed by atoms with E-state index in [1.807, 2.05) is 18.2 Å². The molecule has 7 heteroatoms. The number of hydrogen-bond acceptors (Lipinski definition) is 6. The van der Waals surface area contributed by atoms with Crippen molar-refractivity contribution in [3.05, 3.63) is 71.9 Å². The quantitative estimate of drug-likeness (QED) is 0.463. The number of Topliss-reactive ketones (excluding diaryl/α,β-unsaturated/α-hetero) is 1. The van der Waals surface area contributed by atoms with E-state index in [-0.39, 0.29) is 17.4 Å². The van der Waals surface area contributed by atoms with Gasteiger partial charge in [0.1, 0.15) is 11.6 Å². The van der Waals surface area contributed by atoms with Gasteiger partial charge >= 0.3 is 0 Å². The summed E-state index contributed by atoms with van der Waals surface area (Å²) in [5, 5.41) is 8.15. The molecule has 0 aliphatic rings. The van der Waals surface area contributed by atoms with Gasteiger partial charge in [-0.2, -0.15) is 0 Å². The van der Waals surface area contributed by atoms with Crippen LogP contribution in [0, 0.1) is 5.82 Å². The van der Waals surface area contributed by atoms with Crippen LogP contribution in [0.1, 0.15) is 29.3 Å². The van der Waals surface area contributed by atoms with Crippen molar-refractivity contribution in [1.29, 1.82) is 0 Å². The number of halogens is 1. The van der Waals surface area contributed by atoms with E-state index in [2.05, 4.69) is 10.2 Å². The molecule has 0 saturated heterocycles. The van der Waals surface area contributed by atoms with Gasteiger partial charge in [0.25, 0.3) is 11.1 Å². The standard InChI is InChI=1S/C18H15FN2O3S/c1-12(23-15-9-7-14(19)8-10-15)17-20-21-18(24-17)25-11-16(22)13-5-3-2-4-6-13/h2-10,12H,11H2,1H3/t12-/m1/s1. The van der Waals surface area contributed by atoms with Crippen LogP contribution in [0.4, 0.5) is 4.39 Å². The topological polar surface area (TPSA) is 65.2 Å². The van der Waals surface area contributed by atoms with Gasteiger partial charge in [0.2, 0.25) is 0 Å². The molecule has 3 rings (SSSR count). The maximum atomic E-state index is 12.9.